The highest BCUT2D eigenvalue weighted by atomic mass is 19.1. The van der Waals surface area contributed by atoms with Gasteiger partial charge >= 0.3 is 0 Å². The first-order valence-corrected chi connectivity index (χ1v) is 5.22. The van der Waals surface area contributed by atoms with E-state index in [4.69, 9.17) is 5.73 Å². The summed E-state index contributed by atoms with van der Waals surface area (Å²) < 4.78 is 13.0. The third-order valence-corrected chi connectivity index (χ3v) is 2.33. The van der Waals surface area contributed by atoms with Gasteiger partial charge in [0.2, 0.25) is 0 Å². The van der Waals surface area contributed by atoms with E-state index < -0.39 is 0 Å². The second kappa shape index (κ2) is 6.18. The summed E-state index contributed by atoms with van der Waals surface area (Å²) in [5.74, 6) is -0.246. The van der Waals surface area contributed by atoms with Crippen molar-refractivity contribution < 1.29 is 4.39 Å². The Balaban J connectivity index is 2.68. The Kier molecular flexibility index (Phi) is 4.86. The molecule has 1 aromatic carbocycles. The van der Waals surface area contributed by atoms with Crippen LogP contribution in [0.4, 0.5) is 4.39 Å². The normalized spacial score (nSPS) is 14.4. The maximum absolute atomic E-state index is 13.0. The van der Waals surface area contributed by atoms with Gasteiger partial charge in [0, 0.05) is 19.3 Å². The van der Waals surface area contributed by atoms with Crippen LogP contribution in [0, 0.1) is 5.82 Å². The molecule has 0 saturated heterocycles. The number of halogens is 1. The topological polar surface area (TPSA) is 38.4 Å². The minimum absolute atomic E-state index is 0.169. The molecule has 2 nitrogen and oxygen atoms in total. The molecule has 0 aromatic heterocycles. The van der Waals surface area contributed by atoms with Crippen LogP contribution in [0.5, 0.6) is 0 Å². The Morgan fingerprint density at radius 1 is 1.56 bits per heavy atom. The van der Waals surface area contributed by atoms with Gasteiger partial charge in [-0.3, -0.25) is 4.99 Å². The summed E-state index contributed by atoms with van der Waals surface area (Å²) in [7, 11) is 1.72. The lowest BCUT2D eigenvalue weighted by molar-refractivity contribution is 0.618. The molecule has 0 saturated carbocycles. The molecule has 2 N–H and O–H groups in total. The molecule has 16 heavy (non-hydrogen) atoms. The molecule has 0 aliphatic carbocycles. The SMILES string of the molecule is CN=C/C=C(\C)CC(N)c1cccc(F)c1. The first kappa shape index (κ1) is 12.6. The Hall–Kier alpha value is -1.48. The smallest absolute Gasteiger partial charge is 0.123 e. The van der Waals surface area contributed by atoms with Crippen LogP contribution in [-0.2, 0) is 0 Å². The van der Waals surface area contributed by atoms with E-state index in [1.807, 2.05) is 19.1 Å². The van der Waals surface area contributed by atoms with Gasteiger partial charge in [-0.25, -0.2) is 4.39 Å². The van der Waals surface area contributed by atoms with E-state index >= 15 is 0 Å². The lowest BCUT2D eigenvalue weighted by Crippen LogP contribution is -2.10. The molecule has 1 rings (SSSR count). The molecule has 0 radical (unpaired) electrons. The van der Waals surface area contributed by atoms with Crippen LogP contribution in [-0.4, -0.2) is 13.3 Å². The predicted molar refractivity (Wildman–Crippen MR) is 66.1 cm³/mol. The number of hydrogen-bond donors (Lipinski definition) is 1. The van der Waals surface area contributed by atoms with Crippen molar-refractivity contribution >= 4 is 6.21 Å². The molecule has 0 amide bonds. The number of nitrogens with two attached hydrogens (primary N) is 1. The summed E-state index contributed by atoms with van der Waals surface area (Å²) in [6.07, 6.45) is 4.35. The van der Waals surface area contributed by atoms with Gasteiger partial charge in [0.25, 0.3) is 0 Å². The van der Waals surface area contributed by atoms with Crippen LogP contribution < -0.4 is 5.73 Å². The molecule has 0 bridgehead atoms. The van der Waals surface area contributed by atoms with Gasteiger partial charge < -0.3 is 5.73 Å². The highest BCUT2D eigenvalue weighted by molar-refractivity contribution is 5.71. The van der Waals surface area contributed by atoms with Crippen LogP contribution in [0.1, 0.15) is 24.9 Å². The zero-order valence-electron chi connectivity index (χ0n) is 9.65. The van der Waals surface area contributed by atoms with Crippen molar-refractivity contribution in [2.45, 2.75) is 19.4 Å². The lowest BCUT2D eigenvalue weighted by Gasteiger charge is -2.12. The molecular weight excluding hydrogens is 203 g/mol. The molecule has 0 heterocycles. The summed E-state index contributed by atoms with van der Waals surface area (Å²) >= 11 is 0. The summed E-state index contributed by atoms with van der Waals surface area (Å²) in [6.45, 7) is 1.99. The van der Waals surface area contributed by atoms with Gasteiger partial charge in [-0.05, 0) is 37.1 Å². The number of rotatable bonds is 4. The number of aliphatic imine (C=N–C) groups is 1. The fourth-order valence-electron chi connectivity index (χ4n) is 1.47. The highest BCUT2D eigenvalue weighted by Gasteiger charge is 2.06. The van der Waals surface area contributed by atoms with Gasteiger partial charge in [0.05, 0.1) is 0 Å². The molecule has 0 fully saturated rings. The largest absolute Gasteiger partial charge is 0.324 e. The van der Waals surface area contributed by atoms with E-state index in [2.05, 4.69) is 4.99 Å². The molecule has 3 heteroatoms. The highest BCUT2D eigenvalue weighted by Crippen LogP contribution is 2.18. The zero-order valence-corrected chi connectivity index (χ0v) is 9.65. The monoisotopic (exact) mass is 220 g/mol. The van der Waals surface area contributed by atoms with E-state index in [9.17, 15) is 4.39 Å². The standard InChI is InChI=1S/C13H17FN2/c1-10(6-7-16-2)8-13(15)11-4-3-5-12(14)9-11/h3-7,9,13H,8,15H2,1-2H3/b10-6+,16-7?. The molecule has 86 valence electrons. The van der Waals surface area contributed by atoms with Crippen LogP contribution in [0.2, 0.25) is 0 Å². The van der Waals surface area contributed by atoms with Crippen molar-refractivity contribution in [1.29, 1.82) is 0 Å². The summed E-state index contributed by atoms with van der Waals surface area (Å²) in [5, 5.41) is 0. The first-order chi connectivity index (χ1) is 7.63. The Morgan fingerprint density at radius 3 is 2.94 bits per heavy atom. The average molecular weight is 220 g/mol. The van der Waals surface area contributed by atoms with E-state index in [1.54, 1.807) is 19.3 Å². The van der Waals surface area contributed by atoms with Gasteiger partial charge in [0.1, 0.15) is 5.82 Å². The zero-order chi connectivity index (χ0) is 12.0. The number of hydrogen-bond acceptors (Lipinski definition) is 2. The molecular formula is C13H17FN2. The van der Waals surface area contributed by atoms with Crippen molar-refractivity contribution in [2.24, 2.45) is 10.7 Å². The number of nitrogens with zero attached hydrogens (tertiary/aromatic N) is 1. The third-order valence-electron chi connectivity index (χ3n) is 2.33. The predicted octanol–water partition coefficient (Wildman–Crippen LogP) is 2.86. The fourth-order valence-corrected chi connectivity index (χ4v) is 1.47. The van der Waals surface area contributed by atoms with E-state index in [-0.39, 0.29) is 11.9 Å². The van der Waals surface area contributed by atoms with Crippen LogP contribution in [0.3, 0.4) is 0 Å². The lowest BCUT2D eigenvalue weighted by atomic mass is 10.0. The van der Waals surface area contributed by atoms with Gasteiger partial charge in [-0.15, -0.1) is 0 Å². The Bertz CT molecular complexity index is 397. The second-order valence-electron chi connectivity index (χ2n) is 3.79. The summed E-state index contributed by atoms with van der Waals surface area (Å²) in [6, 6.07) is 6.25. The Labute approximate surface area is 95.7 Å². The summed E-state index contributed by atoms with van der Waals surface area (Å²) in [4.78, 5) is 3.87. The van der Waals surface area contributed by atoms with E-state index in [0.717, 1.165) is 11.1 Å². The van der Waals surface area contributed by atoms with Crippen molar-refractivity contribution in [3.63, 3.8) is 0 Å². The van der Waals surface area contributed by atoms with Crippen LogP contribution in [0.25, 0.3) is 0 Å². The number of allylic oxidation sites excluding steroid dienone is 1. The van der Waals surface area contributed by atoms with Gasteiger partial charge in [-0.1, -0.05) is 17.7 Å². The van der Waals surface area contributed by atoms with Crippen molar-refractivity contribution in [3.8, 4) is 0 Å². The van der Waals surface area contributed by atoms with Crippen molar-refractivity contribution in [3.05, 3.63) is 47.3 Å². The molecule has 1 unspecified atom stereocenters. The molecule has 0 spiro atoms. The Morgan fingerprint density at radius 2 is 2.31 bits per heavy atom. The maximum Gasteiger partial charge on any atom is 0.123 e. The van der Waals surface area contributed by atoms with Crippen molar-refractivity contribution in [2.75, 3.05) is 7.05 Å². The number of benzene rings is 1. The van der Waals surface area contributed by atoms with Gasteiger partial charge in [0.15, 0.2) is 0 Å². The average Bonchev–Trinajstić information content (AvgIpc) is 2.26. The minimum atomic E-state index is -0.246. The second-order valence-corrected chi connectivity index (χ2v) is 3.79. The quantitative estimate of drug-likeness (QED) is 0.778. The van der Waals surface area contributed by atoms with E-state index in [0.29, 0.717) is 6.42 Å². The first-order valence-electron chi connectivity index (χ1n) is 5.22. The molecule has 1 atom stereocenters. The third kappa shape index (κ3) is 3.95. The van der Waals surface area contributed by atoms with Crippen molar-refractivity contribution in [1.82, 2.24) is 0 Å². The molecule has 1 aromatic rings. The van der Waals surface area contributed by atoms with Crippen LogP contribution in [0.15, 0.2) is 40.9 Å². The van der Waals surface area contributed by atoms with E-state index in [1.165, 1.54) is 12.1 Å². The maximum atomic E-state index is 13.0. The van der Waals surface area contributed by atoms with Crippen LogP contribution >= 0.6 is 0 Å². The fraction of sp³-hybridized carbons (Fsp3) is 0.308. The minimum Gasteiger partial charge on any atom is -0.324 e. The molecule has 0 aliphatic heterocycles. The molecule has 0 aliphatic rings. The summed E-state index contributed by atoms with van der Waals surface area (Å²) in [5.41, 5.74) is 7.93. The van der Waals surface area contributed by atoms with Gasteiger partial charge in [-0.2, -0.15) is 0 Å².